The third-order valence-electron chi connectivity index (χ3n) is 4.30. The molecule has 114 valence electrons. The van der Waals surface area contributed by atoms with Crippen molar-refractivity contribution in [2.24, 2.45) is 0 Å². The van der Waals surface area contributed by atoms with Crippen molar-refractivity contribution >= 4 is 11.1 Å². The minimum atomic E-state index is 0.311. The van der Waals surface area contributed by atoms with E-state index < -0.39 is 0 Å². The molecule has 1 N–H and O–H groups in total. The molecule has 1 fully saturated rings. The fourth-order valence-corrected chi connectivity index (χ4v) is 3.15. The molecule has 1 unspecified atom stereocenters. The second-order valence-corrected chi connectivity index (χ2v) is 5.94. The molecular weight excluding hydrogens is 264 g/mol. The van der Waals surface area contributed by atoms with E-state index in [0.29, 0.717) is 12.5 Å². The van der Waals surface area contributed by atoms with Gasteiger partial charge in [0.15, 0.2) is 11.5 Å². The molecule has 21 heavy (non-hydrogen) atoms. The van der Waals surface area contributed by atoms with E-state index in [1.165, 1.54) is 25.8 Å². The van der Waals surface area contributed by atoms with Crippen molar-refractivity contribution < 1.29 is 9.52 Å². The maximum Gasteiger partial charge on any atom is 0.199 e. The van der Waals surface area contributed by atoms with Gasteiger partial charge in [0.1, 0.15) is 5.52 Å². The summed E-state index contributed by atoms with van der Waals surface area (Å²) in [4.78, 5) is 7.17. The number of benzene rings is 1. The number of hydrogen-bond acceptors (Lipinski definition) is 4. The number of rotatable bonds is 6. The minimum Gasteiger partial charge on any atom is -0.440 e. The lowest BCUT2D eigenvalue weighted by molar-refractivity contribution is 0.189. The van der Waals surface area contributed by atoms with Gasteiger partial charge in [-0.15, -0.1) is 0 Å². The Bertz CT molecular complexity index is 534. The van der Waals surface area contributed by atoms with Gasteiger partial charge in [0.05, 0.1) is 0 Å². The van der Waals surface area contributed by atoms with Crippen molar-refractivity contribution in [2.75, 3.05) is 26.2 Å². The number of aliphatic hydroxyl groups is 1. The van der Waals surface area contributed by atoms with E-state index in [1.54, 1.807) is 0 Å². The average Bonchev–Trinajstić information content (AvgIpc) is 2.96. The Balaban J connectivity index is 1.60. The lowest BCUT2D eigenvalue weighted by Crippen LogP contribution is -2.35. The van der Waals surface area contributed by atoms with Gasteiger partial charge in [-0.2, -0.15) is 0 Å². The highest BCUT2D eigenvalue weighted by molar-refractivity contribution is 5.72. The first-order valence-electron chi connectivity index (χ1n) is 8.05. The van der Waals surface area contributed by atoms with E-state index in [9.17, 15) is 0 Å². The maximum atomic E-state index is 8.83. The van der Waals surface area contributed by atoms with Crippen molar-refractivity contribution in [1.29, 1.82) is 0 Å². The highest BCUT2D eigenvalue weighted by Crippen LogP contribution is 2.29. The Hall–Kier alpha value is -1.39. The third-order valence-corrected chi connectivity index (χ3v) is 4.30. The van der Waals surface area contributed by atoms with Gasteiger partial charge in [-0.1, -0.05) is 12.1 Å². The molecule has 0 saturated carbocycles. The topological polar surface area (TPSA) is 49.5 Å². The monoisotopic (exact) mass is 288 g/mol. The molecule has 1 aromatic heterocycles. The summed E-state index contributed by atoms with van der Waals surface area (Å²) >= 11 is 0. The van der Waals surface area contributed by atoms with Gasteiger partial charge in [-0.3, -0.25) is 0 Å². The van der Waals surface area contributed by atoms with Crippen molar-refractivity contribution in [1.82, 2.24) is 9.88 Å². The van der Waals surface area contributed by atoms with Gasteiger partial charge >= 0.3 is 0 Å². The Morgan fingerprint density at radius 2 is 2.14 bits per heavy atom. The first-order chi connectivity index (χ1) is 10.4. The summed E-state index contributed by atoms with van der Waals surface area (Å²) in [5.74, 6) is 1.32. The Morgan fingerprint density at radius 3 is 3.00 bits per heavy atom. The standard InChI is InChI=1S/C17H24N2O2/c20-12-5-1-4-10-19-11-6-7-14(13-19)17-18-15-8-2-3-9-16(15)21-17/h2-3,8-9,14,20H,1,4-7,10-13H2. The van der Waals surface area contributed by atoms with E-state index in [0.717, 1.165) is 42.9 Å². The molecule has 0 aliphatic carbocycles. The summed E-state index contributed by atoms with van der Waals surface area (Å²) in [7, 11) is 0. The number of nitrogens with zero attached hydrogens (tertiary/aromatic N) is 2. The molecule has 1 aromatic carbocycles. The molecule has 1 aliphatic rings. The zero-order valence-electron chi connectivity index (χ0n) is 12.5. The van der Waals surface area contributed by atoms with Crippen LogP contribution < -0.4 is 0 Å². The average molecular weight is 288 g/mol. The van der Waals surface area contributed by atoms with Crippen LogP contribution in [0.2, 0.25) is 0 Å². The van der Waals surface area contributed by atoms with Crippen molar-refractivity contribution in [3.05, 3.63) is 30.2 Å². The smallest absolute Gasteiger partial charge is 0.199 e. The molecule has 0 spiro atoms. The van der Waals surface area contributed by atoms with Gasteiger partial charge < -0.3 is 14.4 Å². The lowest BCUT2D eigenvalue weighted by Gasteiger charge is -2.31. The Morgan fingerprint density at radius 1 is 1.24 bits per heavy atom. The predicted molar refractivity (Wildman–Crippen MR) is 83.4 cm³/mol. The molecule has 4 nitrogen and oxygen atoms in total. The van der Waals surface area contributed by atoms with E-state index in [-0.39, 0.29) is 0 Å². The molecule has 3 rings (SSSR count). The number of oxazole rings is 1. The quantitative estimate of drug-likeness (QED) is 0.829. The molecule has 2 aromatic rings. The highest BCUT2D eigenvalue weighted by atomic mass is 16.3. The van der Waals surface area contributed by atoms with Crippen LogP contribution in [0.15, 0.2) is 28.7 Å². The van der Waals surface area contributed by atoms with Gasteiger partial charge in [-0.05, 0) is 57.3 Å². The molecule has 0 radical (unpaired) electrons. The van der Waals surface area contributed by atoms with E-state index in [1.807, 2.05) is 24.3 Å². The fraction of sp³-hybridized carbons (Fsp3) is 0.588. The van der Waals surface area contributed by atoms with Crippen LogP contribution >= 0.6 is 0 Å². The lowest BCUT2D eigenvalue weighted by atomic mass is 9.97. The number of piperidine rings is 1. The number of aromatic nitrogens is 1. The van der Waals surface area contributed by atoms with Crippen molar-refractivity contribution in [3.63, 3.8) is 0 Å². The molecule has 0 amide bonds. The molecular formula is C17H24N2O2. The summed E-state index contributed by atoms with van der Waals surface area (Å²) in [5, 5.41) is 8.83. The van der Waals surface area contributed by atoms with Crippen LogP contribution in [0.4, 0.5) is 0 Å². The number of unbranched alkanes of at least 4 members (excludes halogenated alkanes) is 2. The second kappa shape index (κ2) is 7.05. The number of para-hydroxylation sites is 2. The zero-order valence-corrected chi connectivity index (χ0v) is 12.5. The van der Waals surface area contributed by atoms with Crippen LogP contribution in [0.5, 0.6) is 0 Å². The van der Waals surface area contributed by atoms with Gasteiger partial charge in [0, 0.05) is 19.1 Å². The van der Waals surface area contributed by atoms with Crippen LogP contribution in [0.1, 0.15) is 43.9 Å². The van der Waals surface area contributed by atoms with Crippen LogP contribution in [-0.4, -0.2) is 41.2 Å². The SMILES string of the molecule is OCCCCCN1CCCC(c2nc3ccccc3o2)C1. The highest BCUT2D eigenvalue weighted by Gasteiger charge is 2.25. The first kappa shape index (κ1) is 14.5. The van der Waals surface area contributed by atoms with E-state index >= 15 is 0 Å². The molecule has 4 heteroatoms. The zero-order chi connectivity index (χ0) is 14.5. The summed E-state index contributed by atoms with van der Waals surface area (Å²) in [6.07, 6.45) is 5.58. The van der Waals surface area contributed by atoms with E-state index in [2.05, 4.69) is 9.88 Å². The summed E-state index contributed by atoms with van der Waals surface area (Å²) in [5.41, 5.74) is 1.86. The number of fused-ring (bicyclic) bond motifs is 1. The fourth-order valence-electron chi connectivity index (χ4n) is 3.15. The molecule has 1 saturated heterocycles. The maximum absolute atomic E-state index is 8.83. The summed E-state index contributed by atoms with van der Waals surface area (Å²) in [6, 6.07) is 7.99. The second-order valence-electron chi connectivity index (χ2n) is 5.94. The number of hydrogen-bond donors (Lipinski definition) is 1. The van der Waals surface area contributed by atoms with E-state index in [4.69, 9.17) is 9.52 Å². The van der Waals surface area contributed by atoms with Crippen LogP contribution in [0.25, 0.3) is 11.1 Å². The summed E-state index contributed by atoms with van der Waals surface area (Å²) in [6.45, 7) is 3.66. The van der Waals surface area contributed by atoms with Crippen molar-refractivity contribution in [2.45, 2.75) is 38.0 Å². The molecule has 1 aliphatic heterocycles. The molecule has 2 heterocycles. The Kier molecular flexibility index (Phi) is 4.88. The Labute approximate surface area is 125 Å². The number of aliphatic hydroxyl groups excluding tert-OH is 1. The van der Waals surface area contributed by atoms with Crippen molar-refractivity contribution in [3.8, 4) is 0 Å². The normalized spacial score (nSPS) is 20.1. The summed E-state index contributed by atoms with van der Waals surface area (Å²) < 4.78 is 5.93. The largest absolute Gasteiger partial charge is 0.440 e. The van der Waals surface area contributed by atoms with Gasteiger partial charge in [0.25, 0.3) is 0 Å². The van der Waals surface area contributed by atoms with Crippen LogP contribution in [0.3, 0.4) is 0 Å². The van der Waals surface area contributed by atoms with Crippen LogP contribution in [-0.2, 0) is 0 Å². The minimum absolute atomic E-state index is 0.311. The third kappa shape index (κ3) is 3.63. The molecule has 1 atom stereocenters. The first-order valence-corrected chi connectivity index (χ1v) is 8.05. The molecule has 0 bridgehead atoms. The van der Waals surface area contributed by atoms with Gasteiger partial charge in [-0.25, -0.2) is 4.98 Å². The van der Waals surface area contributed by atoms with Crippen LogP contribution in [0, 0.1) is 0 Å². The van der Waals surface area contributed by atoms with Gasteiger partial charge in [0.2, 0.25) is 0 Å². The number of likely N-dealkylation sites (tertiary alicyclic amines) is 1. The predicted octanol–water partition coefficient (Wildman–Crippen LogP) is 3.17.